The van der Waals surface area contributed by atoms with Crippen LogP contribution < -0.4 is 11.3 Å². The third-order valence-electron chi connectivity index (χ3n) is 5.00. The molecule has 1 fully saturated rings. The molecule has 0 amide bonds. The van der Waals surface area contributed by atoms with E-state index in [0.29, 0.717) is 17.9 Å². The molecule has 2 heterocycles. The molecule has 5 atom stereocenters. The molecule has 0 aliphatic carbocycles. The largest absolute Gasteiger partial charge is 0.375 e. The van der Waals surface area contributed by atoms with Gasteiger partial charge in [0.15, 0.2) is 0 Å². The number of nitrogens with one attached hydrogen (secondary N) is 1. The zero-order valence-corrected chi connectivity index (χ0v) is 14.0. The van der Waals surface area contributed by atoms with Crippen LogP contribution in [0.2, 0.25) is 0 Å². The number of aromatic nitrogens is 2. The highest BCUT2D eigenvalue weighted by Crippen LogP contribution is 2.35. The van der Waals surface area contributed by atoms with Crippen molar-refractivity contribution < 1.29 is 4.74 Å². The lowest BCUT2D eigenvalue weighted by molar-refractivity contribution is 0.0475. The summed E-state index contributed by atoms with van der Waals surface area (Å²) in [7, 11) is 0. The minimum absolute atomic E-state index is 0.214. The molecule has 0 bridgehead atoms. The van der Waals surface area contributed by atoms with Gasteiger partial charge in [-0.15, -0.1) is 0 Å². The summed E-state index contributed by atoms with van der Waals surface area (Å²) in [5.41, 5.74) is 5.44. The quantitative estimate of drug-likeness (QED) is 0.621. The smallest absolute Gasteiger partial charge is 0.0624 e. The molecular weight excluding hydrogens is 264 g/mol. The van der Waals surface area contributed by atoms with Gasteiger partial charge >= 0.3 is 0 Å². The predicted octanol–water partition coefficient (Wildman–Crippen LogP) is 1.90. The van der Waals surface area contributed by atoms with Gasteiger partial charge < -0.3 is 4.74 Å². The first kappa shape index (κ1) is 16.5. The average molecular weight is 294 g/mol. The maximum atomic E-state index is 5.97. The monoisotopic (exact) mass is 294 g/mol. The van der Waals surface area contributed by atoms with Crippen molar-refractivity contribution in [2.24, 2.45) is 17.7 Å². The van der Waals surface area contributed by atoms with E-state index in [-0.39, 0.29) is 12.1 Å². The molecule has 0 spiro atoms. The Morgan fingerprint density at radius 2 is 2.05 bits per heavy atom. The van der Waals surface area contributed by atoms with E-state index in [1.54, 1.807) is 0 Å². The van der Waals surface area contributed by atoms with Crippen LogP contribution in [0.1, 0.15) is 46.0 Å². The first-order valence-electron chi connectivity index (χ1n) is 8.18. The summed E-state index contributed by atoms with van der Waals surface area (Å²) in [6.45, 7) is 11.7. The molecular formula is C16H30N4O. The van der Waals surface area contributed by atoms with E-state index >= 15 is 0 Å². The van der Waals surface area contributed by atoms with Crippen LogP contribution in [0.15, 0.2) is 6.07 Å². The van der Waals surface area contributed by atoms with Crippen molar-refractivity contribution in [3.05, 3.63) is 17.5 Å². The number of rotatable bonds is 6. The van der Waals surface area contributed by atoms with Crippen molar-refractivity contribution in [2.75, 3.05) is 0 Å². The fourth-order valence-electron chi connectivity index (χ4n) is 3.64. The number of aryl methyl sites for hydroxylation is 2. The molecule has 1 aliphatic heterocycles. The maximum absolute atomic E-state index is 5.97. The Morgan fingerprint density at radius 3 is 2.52 bits per heavy atom. The van der Waals surface area contributed by atoms with E-state index in [2.05, 4.69) is 55.9 Å². The fraction of sp³-hybridized carbons (Fsp3) is 0.812. The molecule has 0 saturated carbocycles. The highest BCUT2D eigenvalue weighted by molar-refractivity contribution is 5.13. The second-order valence-corrected chi connectivity index (χ2v) is 6.26. The molecule has 0 aromatic carbocycles. The summed E-state index contributed by atoms with van der Waals surface area (Å²) in [5.74, 6) is 6.80. The van der Waals surface area contributed by atoms with Crippen LogP contribution in [0.25, 0.3) is 0 Å². The molecule has 1 aliphatic rings. The van der Waals surface area contributed by atoms with Crippen molar-refractivity contribution >= 4 is 0 Å². The van der Waals surface area contributed by atoms with Crippen LogP contribution in [0.3, 0.4) is 0 Å². The third-order valence-corrected chi connectivity index (χ3v) is 5.00. The molecule has 1 saturated heterocycles. The van der Waals surface area contributed by atoms with Crippen molar-refractivity contribution in [3.63, 3.8) is 0 Å². The number of nitrogens with two attached hydrogens (primary N) is 1. The second-order valence-electron chi connectivity index (χ2n) is 6.26. The zero-order valence-electron chi connectivity index (χ0n) is 14.0. The van der Waals surface area contributed by atoms with Gasteiger partial charge in [0.05, 0.1) is 17.9 Å². The van der Waals surface area contributed by atoms with Gasteiger partial charge in [0, 0.05) is 30.6 Å². The van der Waals surface area contributed by atoms with Crippen molar-refractivity contribution in [2.45, 2.75) is 72.3 Å². The molecule has 120 valence electrons. The Bertz CT molecular complexity index is 459. The third kappa shape index (κ3) is 3.30. The van der Waals surface area contributed by atoms with E-state index in [0.717, 1.165) is 25.1 Å². The van der Waals surface area contributed by atoms with E-state index < -0.39 is 0 Å². The molecule has 2 rings (SSSR count). The van der Waals surface area contributed by atoms with Gasteiger partial charge in [0.1, 0.15) is 0 Å². The molecule has 1 aromatic rings. The summed E-state index contributed by atoms with van der Waals surface area (Å²) in [5, 5.41) is 4.63. The zero-order chi connectivity index (χ0) is 15.6. The SMILES string of the molecule is CCc1cc(CC(NN)C2C(C)OC(C)C2C)n(CC)n1. The predicted molar refractivity (Wildman–Crippen MR) is 84.8 cm³/mol. The first-order chi connectivity index (χ1) is 10.0. The normalized spacial score (nSPS) is 30.8. The molecule has 5 heteroatoms. The summed E-state index contributed by atoms with van der Waals surface area (Å²) >= 11 is 0. The maximum Gasteiger partial charge on any atom is 0.0624 e. The Morgan fingerprint density at radius 1 is 1.33 bits per heavy atom. The van der Waals surface area contributed by atoms with Crippen LogP contribution in [-0.2, 0) is 24.1 Å². The minimum atomic E-state index is 0.214. The van der Waals surface area contributed by atoms with Gasteiger partial charge in [-0.2, -0.15) is 5.10 Å². The number of hydrogen-bond acceptors (Lipinski definition) is 4. The molecule has 5 nitrogen and oxygen atoms in total. The first-order valence-corrected chi connectivity index (χ1v) is 8.18. The summed E-state index contributed by atoms with van der Waals surface area (Å²) in [4.78, 5) is 0. The number of hydrogen-bond donors (Lipinski definition) is 2. The van der Waals surface area contributed by atoms with E-state index in [1.807, 2.05) is 0 Å². The van der Waals surface area contributed by atoms with E-state index in [1.165, 1.54) is 5.69 Å². The lowest BCUT2D eigenvalue weighted by atomic mass is 9.82. The van der Waals surface area contributed by atoms with Crippen LogP contribution in [0.5, 0.6) is 0 Å². The Kier molecular flexibility index (Phi) is 5.41. The lowest BCUT2D eigenvalue weighted by Crippen LogP contribution is -2.47. The van der Waals surface area contributed by atoms with Gasteiger partial charge in [-0.25, -0.2) is 0 Å². The molecule has 3 N–H and O–H groups in total. The van der Waals surface area contributed by atoms with Gasteiger partial charge in [-0.05, 0) is 39.2 Å². The summed E-state index contributed by atoms with van der Waals surface area (Å²) in [6.07, 6.45) is 2.40. The van der Waals surface area contributed by atoms with E-state index in [9.17, 15) is 0 Å². The second kappa shape index (κ2) is 6.90. The molecule has 21 heavy (non-hydrogen) atoms. The van der Waals surface area contributed by atoms with Gasteiger partial charge in [-0.3, -0.25) is 16.0 Å². The summed E-state index contributed by atoms with van der Waals surface area (Å²) < 4.78 is 8.07. The van der Waals surface area contributed by atoms with Crippen LogP contribution in [-0.4, -0.2) is 28.0 Å². The number of ether oxygens (including phenoxy) is 1. The number of hydrazine groups is 1. The topological polar surface area (TPSA) is 65.1 Å². The fourth-order valence-corrected chi connectivity index (χ4v) is 3.64. The molecule has 5 unspecified atom stereocenters. The van der Waals surface area contributed by atoms with Crippen LogP contribution in [0, 0.1) is 11.8 Å². The average Bonchev–Trinajstić information content (AvgIpc) is 2.98. The molecule has 0 radical (unpaired) electrons. The minimum Gasteiger partial charge on any atom is -0.375 e. The Labute approximate surface area is 128 Å². The van der Waals surface area contributed by atoms with Crippen molar-refractivity contribution in [1.29, 1.82) is 0 Å². The Balaban J connectivity index is 2.17. The van der Waals surface area contributed by atoms with Crippen molar-refractivity contribution in [1.82, 2.24) is 15.2 Å². The highest BCUT2D eigenvalue weighted by atomic mass is 16.5. The Hall–Kier alpha value is -0.910. The van der Waals surface area contributed by atoms with E-state index in [4.69, 9.17) is 10.6 Å². The standard InChI is InChI=1S/C16H30N4O/c1-6-13-8-14(20(7-2)19-13)9-15(18-17)16-10(3)11(4)21-12(16)5/h8,10-12,15-16,18H,6-7,9,17H2,1-5H3. The number of nitrogens with zero attached hydrogens (tertiary/aromatic N) is 2. The van der Waals surface area contributed by atoms with Gasteiger partial charge in [-0.1, -0.05) is 13.8 Å². The van der Waals surface area contributed by atoms with Crippen LogP contribution >= 0.6 is 0 Å². The van der Waals surface area contributed by atoms with Gasteiger partial charge in [0.2, 0.25) is 0 Å². The summed E-state index contributed by atoms with van der Waals surface area (Å²) in [6, 6.07) is 2.43. The van der Waals surface area contributed by atoms with Gasteiger partial charge in [0.25, 0.3) is 0 Å². The highest BCUT2D eigenvalue weighted by Gasteiger charge is 2.41. The van der Waals surface area contributed by atoms with Crippen LogP contribution in [0.4, 0.5) is 0 Å². The lowest BCUT2D eigenvalue weighted by Gasteiger charge is -2.28. The van der Waals surface area contributed by atoms with Crippen molar-refractivity contribution in [3.8, 4) is 0 Å². The molecule has 1 aromatic heterocycles.